The van der Waals surface area contributed by atoms with Gasteiger partial charge in [-0.2, -0.15) is 0 Å². The predicted octanol–water partition coefficient (Wildman–Crippen LogP) is 0.708. The molecule has 0 saturated carbocycles. The van der Waals surface area contributed by atoms with Crippen molar-refractivity contribution in [2.24, 2.45) is 0 Å². The normalized spacial score (nSPS) is 18.1. The fraction of sp³-hybridized carbons (Fsp3) is 0.900. The summed E-state index contributed by atoms with van der Waals surface area (Å²) in [4.78, 5) is 11.0. The van der Waals surface area contributed by atoms with Gasteiger partial charge in [-0.15, -0.1) is 0 Å². The second kappa shape index (κ2) is 6.79. The van der Waals surface area contributed by atoms with Gasteiger partial charge in [-0.05, 0) is 32.9 Å². The number of hydrogen-bond donors (Lipinski definition) is 1. The Balaban J connectivity index is 1.99. The summed E-state index contributed by atoms with van der Waals surface area (Å²) in [6.07, 6.45) is 2.79. The molecule has 4 heteroatoms. The molecule has 4 nitrogen and oxygen atoms in total. The summed E-state index contributed by atoms with van der Waals surface area (Å²) in [6, 6.07) is 0. The van der Waals surface area contributed by atoms with Gasteiger partial charge in [-0.1, -0.05) is 0 Å². The van der Waals surface area contributed by atoms with Crippen LogP contribution in [-0.4, -0.2) is 38.4 Å². The first-order chi connectivity index (χ1) is 6.83. The molecule has 1 saturated heterocycles. The van der Waals surface area contributed by atoms with Gasteiger partial charge in [0, 0.05) is 0 Å². The fourth-order valence-corrected chi connectivity index (χ4v) is 1.50. The Morgan fingerprint density at radius 1 is 1.43 bits per heavy atom. The predicted molar refractivity (Wildman–Crippen MR) is 53.1 cm³/mol. The van der Waals surface area contributed by atoms with Gasteiger partial charge < -0.3 is 14.8 Å². The van der Waals surface area contributed by atoms with E-state index in [0.717, 1.165) is 25.9 Å². The Morgan fingerprint density at radius 2 is 2.14 bits per heavy atom. The van der Waals surface area contributed by atoms with E-state index in [1.807, 2.05) is 6.92 Å². The van der Waals surface area contributed by atoms with E-state index in [9.17, 15) is 4.79 Å². The molecule has 82 valence electrons. The zero-order valence-corrected chi connectivity index (χ0v) is 8.75. The van der Waals surface area contributed by atoms with Crippen molar-refractivity contribution >= 4 is 5.97 Å². The highest BCUT2D eigenvalue weighted by molar-refractivity contribution is 5.69. The highest BCUT2D eigenvalue weighted by Crippen LogP contribution is 2.07. The third kappa shape index (κ3) is 4.58. The average molecular weight is 201 g/mol. The molecule has 0 spiro atoms. The SMILES string of the molecule is CCOC(=O)CCOC1CCNCC1. The Labute approximate surface area is 85.0 Å². The molecule has 1 heterocycles. The van der Waals surface area contributed by atoms with E-state index in [4.69, 9.17) is 9.47 Å². The third-order valence-corrected chi connectivity index (χ3v) is 2.25. The molecule has 0 bridgehead atoms. The fourth-order valence-electron chi connectivity index (χ4n) is 1.50. The number of carbonyl (C=O) groups excluding carboxylic acids is 1. The van der Waals surface area contributed by atoms with E-state index in [1.165, 1.54) is 0 Å². The zero-order chi connectivity index (χ0) is 10.2. The smallest absolute Gasteiger partial charge is 0.308 e. The quantitative estimate of drug-likeness (QED) is 0.665. The first-order valence-corrected chi connectivity index (χ1v) is 5.31. The summed E-state index contributed by atoms with van der Waals surface area (Å²) in [5, 5.41) is 3.26. The largest absolute Gasteiger partial charge is 0.466 e. The van der Waals surface area contributed by atoms with E-state index < -0.39 is 0 Å². The van der Waals surface area contributed by atoms with Crippen molar-refractivity contribution in [1.29, 1.82) is 0 Å². The molecule has 0 atom stereocenters. The molecular formula is C10H19NO3. The minimum atomic E-state index is -0.165. The van der Waals surface area contributed by atoms with Crippen LogP contribution in [0.25, 0.3) is 0 Å². The van der Waals surface area contributed by atoms with E-state index in [1.54, 1.807) is 0 Å². The van der Waals surface area contributed by atoms with Crippen molar-refractivity contribution in [3.05, 3.63) is 0 Å². The van der Waals surface area contributed by atoms with Crippen LogP contribution in [0.15, 0.2) is 0 Å². The van der Waals surface area contributed by atoms with Crippen molar-refractivity contribution in [2.75, 3.05) is 26.3 Å². The van der Waals surface area contributed by atoms with Gasteiger partial charge in [0.25, 0.3) is 0 Å². The molecule has 1 N–H and O–H groups in total. The summed E-state index contributed by atoms with van der Waals surface area (Å²) in [6.45, 7) is 4.79. The summed E-state index contributed by atoms with van der Waals surface area (Å²) in [5.41, 5.74) is 0. The molecule has 0 amide bonds. The van der Waals surface area contributed by atoms with Crippen LogP contribution < -0.4 is 5.32 Å². The minimum Gasteiger partial charge on any atom is -0.466 e. The summed E-state index contributed by atoms with van der Waals surface area (Å²) < 4.78 is 10.4. The highest BCUT2D eigenvalue weighted by Gasteiger charge is 2.13. The lowest BCUT2D eigenvalue weighted by molar-refractivity contribution is -0.144. The maximum Gasteiger partial charge on any atom is 0.308 e. The van der Waals surface area contributed by atoms with Crippen LogP contribution in [0.1, 0.15) is 26.2 Å². The van der Waals surface area contributed by atoms with Gasteiger partial charge in [-0.3, -0.25) is 4.79 Å². The zero-order valence-electron chi connectivity index (χ0n) is 8.75. The van der Waals surface area contributed by atoms with Gasteiger partial charge in [0.15, 0.2) is 0 Å². The third-order valence-electron chi connectivity index (χ3n) is 2.25. The standard InChI is InChI=1S/C10H19NO3/c1-2-13-10(12)5-8-14-9-3-6-11-7-4-9/h9,11H,2-8H2,1H3. The molecule has 0 aromatic heterocycles. The number of piperidine rings is 1. The van der Waals surface area contributed by atoms with Gasteiger partial charge >= 0.3 is 5.97 Å². The second-order valence-corrected chi connectivity index (χ2v) is 3.38. The lowest BCUT2D eigenvalue weighted by atomic mass is 10.1. The minimum absolute atomic E-state index is 0.165. The topological polar surface area (TPSA) is 47.6 Å². The number of esters is 1. The summed E-state index contributed by atoms with van der Waals surface area (Å²) >= 11 is 0. The van der Waals surface area contributed by atoms with Crippen molar-refractivity contribution in [2.45, 2.75) is 32.3 Å². The Kier molecular flexibility index (Phi) is 5.56. The Hall–Kier alpha value is -0.610. The van der Waals surface area contributed by atoms with Gasteiger partial charge in [0.05, 0.1) is 25.7 Å². The van der Waals surface area contributed by atoms with Crippen LogP contribution in [0.2, 0.25) is 0 Å². The molecule has 1 aliphatic heterocycles. The average Bonchev–Trinajstić information content (AvgIpc) is 2.20. The summed E-state index contributed by atoms with van der Waals surface area (Å²) in [7, 11) is 0. The first-order valence-electron chi connectivity index (χ1n) is 5.31. The maximum atomic E-state index is 11.0. The molecule has 1 rings (SSSR count). The van der Waals surface area contributed by atoms with Crippen molar-refractivity contribution < 1.29 is 14.3 Å². The van der Waals surface area contributed by atoms with Gasteiger partial charge in [-0.25, -0.2) is 0 Å². The lowest BCUT2D eigenvalue weighted by Gasteiger charge is -2.22. The van der Waals surface area contributed by atoms with Crippen molar-refractivity contribution in [1.82, 2.24) is 5.32 Å². The maximum absolute atomic E-state index is 11.0. The van der Waals surface area contributed by atoms with Crippen molar-refractivity contribution in [3.8, 4) is 0 Å². The van der Waals surface area contributed by atoms with Gasteiger partial charge in [0.1, 0.15) is 0 Å². The first kappa shape index (κ1) is 11.5. The molecule has 0 aromatic rings. The Bertz CT molecular complexity index is 167. The molecular weight excluding hydrogens is 182 g/mol. The van der Waals surface area contributed by atoms with Crippen LogP contribution in [0, 0.1) is 0 Å². The van der Waals surface area contributed by atoms with Gasteiger partial charge in [0.2, 0.25) is 0 Å². The Morgan fingerprint density at radius 3 is 2.79 bits per heavy atom. The molecule has 1 aliphatic rings. The molecule has 0 aliphatic carbocycles. The van der Waals surface area contributed by atoms with Crippen LogP contribution in [0.5, 0.6) is 0 Å². The monoisotopic (exact) mass is 201 g/mol. The lowest BCUT2D eigenvalue weighted by Crippen LogP contribution is -2.32. The van der Waals surface area contributed by atoms with E-state index in [-0.39, 0.29) is 5.97 Å². The number of nitrogens with one attached hydrogen (secondary N) is 1. The number of rotatable bonds is 5. The molecule has 1 fully saturated rings. The van der Waals surface area contributed by atoms with Crippen LogP contribution in [0.3, 0.4) is 0 Å². The highest BCUT2D eigenvalue weighted by atomic mass is 16.5. The van der Waals surface area contributed by atoms with Crippen LogP contribution in [0.4, 0.5) is 0 Å². The molecule has 14 heavy (non-hydrogen) atoms. The van der Waals surface area contributed by atoms with E-state index >= 15 is 0 Å². The molecule has 0 unspecified atom stereocenters. The number of carbonyl (C=O) groups is 1. The number of ether oxygens (including phenoxy) is 2. The van der Waals surface area contributed by atoms with E-state index in [2.05, 4.69) is 5.32 Å². The van der Waals surface area contributed by atoms with Crippen LogP contribution in [-0.2, 0) is 14.3 Å². The molecule has 0 aromatic carbocycles. The number of hydrogen-bond acceptors (Lipinski definition) is 4. The summed E-state index contributed by atoms with van der Waals surface area (Å²) in [5.74, 6) is -0.165. The molecule has 0 radical (unpaired) electrons. The second-order valence-electron chi connectivity index (χ2n) is 3.38. The van der Waals surface area contributed by atoms with Crippen molar-refractivity contribution in [3.63, 3.8) is 0 Å². The van der Waals surface area contributed by atoms with E-state index in [0.29, 0.717) is 25.7 Å². The van der Waals surface area contributed by atoms with Crippen LogP contribution >= 0.6 is 0 Å².